The number of H-pyrrole nitrogens is 1. The van der Waals surface area contributed by atoms with Gasteiger partial charge in [0.25, 0.3) is 0 Å². The van der Waals surface area contributed by atoms with Crippen molar-refractivity contribution in [1.29, 1.82) is 0 Å². The summed E-state index contributed by atoms with van der Waals surface area (Å²) in [5.74, 6) is 0. The summed E-state index contributed by atoms with van der Waals surface area (Å²) in [5.41, 5.74) is 7.34. The number of nitrogens with one attached hydrogen (secondary N) is 2. The second kappa shape index (κ2) is 5.76. The summed E-state index contributed by atoms with van der Waals surface area (Å²) >= 11 is 12.8. The Hall–Kier alpha value is -2.49. The number of pyridine rings is 1. The summed E-state index contributed by atoms with van der Waals surface area (Å²) in [4.78, 5) is 7.80. The minimum Gasteiger partial charge on any atom is -0.374 e. The van der Waals surface area contributed by atoms with E-state index < -0.39 is 0 Å². The summed E-state index contributed by atoms with van der Waals surface area (Å²) in [5, 5.41) is 6.15. The molecule has 5 rings (SSSR count). The first kappa shape index (κ1) is 15.7. The molecular formula is C21H15Cl2N3. The molecule has 2 N–H and O–H groups in total. The highest BCUT2D eigenvalue weighted by Gasteiger charge is 2.26. The van der Waals surface area contributed by atoms with Gasteiger partial charge in [0.15, 0.2) is 0 Å². The quantitative estimate of drug-likeness (QED) is 0.403. The van der Waals surface area contributed by atoms with Crippen LogP contribution in [-0.4, -0.2) is 9.97 Å². The molecule has 2 aromatic carbocycles. The molecule has 0 aliphatic carbocycles. The van der Waals surface area contributed by atoms with Gasteiger partial charge in [-0.25, -0.2) is 4.98 Å². The zero-order valence-corrected chi connectivity index (χ0v) is 15.5. The van der Waals surface area contributed by atoms with Crippen molar-refractivity contribution in [2.75, 3.05) is 5.32 Å². The van der Waals surface area contributed by atoms with E-state index in [1.54, 1.807) is 0 Å². The van der Waals surface area contributed by atoms with Gasteiger partial charge in [0, 0.05) is 44.6 Å². The molecule has 0 saturated carbocycles. The fourth-order valence-corrected chi connectivity index (χ4v) is 4.21. The minimum atomic E-state index is -0.0778. The van der Waals surface area contributed by atoms with Crippen LogP contribution in [0.4, 0.5) is 5.69 Å². The largest absolute Gasteiger partial charge is 0.374 e. The first-order valence-corrected chi connectivity index (χ1v) is 9.16. The van der Waals surface area contributed by atoms with Crippen molar-refractivity contribution >= 4 is 39.9 Å². The van der Waals surface area contributed by atoms with Crippen LogP contribution in [0.15, 0.2) is 54.9 Å². The Bertz CT molecular complexity index is 1140. The molecule has 3 nitrogen and oxygen atoms in total. The lowest BCUT2D eigenvalue weighted by Crippen LogP contribution is -2.11. The molecule has 5 heteroatoms. The number of anilines is 1. The van der Waals surface area contributed by atoms with Gasteiger partial charge in [0.2, 0.25) is 0 Å². The Morgan fingerprint density at radius 1 is 1.00 bits per heavy atom. The van der Waals surface area contributed by atoms with Crippen LogP contribution in [0.2, 0.25) is 10.0 Å². The molecule has 0 saturated heterocycles. The third kappa shape index (κ3) is 2.24. The van der Waals surface area contributed by atoms with Crippen LogP contribution >= 0.6 is 23.2 Å². The number of para-hydroxylation sites is 1. The normalized spacial score (nSPS) is 15.4. The molecule has 128 valence electrons. The van der Waals surface area contributed by atoms with Gasteiger partial charge in [0.1, 0.15) is 5.65 Å². The van der Waals surface area contributed by atoms with Crippen LogP contribution < -0.4 is 5.32 Å². The Balaban J connectivity index is 1.83. The van der Waals surface area contributed by atoms with Crippen molar-refractivity contribution in [2.24, 2.45) is 0 Å². The maximum Gasteiger partial charge on any atom is 0.138 e. The van der Waals surface area contributed by atoms with Crippen molar-refractivity contribution in [3.63, 3.8) is 0 Å². The first-order chi connectivity index (χ1) is 12.6. The highest BCUT2D eigenvalue weighted by atomic mass is 35.5. The molecular weight excluding hydrogens is 365 g/mol. The molecule has 3 heterocycles. The molecule has 1 aliphatic rings. The zero-order chi connectivity index (χ0) is 17.8. The van der Waals surface area contributed by atoms with Crippen LogP contribution in [-0.2, 0) is 0 Å². The number of fused-ring (bicyclic) bond motifs is 2. The smallest absolute Gasteiger partial charge is 0.138 e. The number of rotatable bonds is 1. The highest BCUT2D eigenvalue weighted by Crippen LogP contribution is 2.44. The molecule has 4 aromatic rings. The van der Waals surface area contributed by atoms with Crippen molar-refractivity contribution in [3.8, 4) is 11.1 Å². The van der Waals surface area contributed by atoms with E-state index in [4.69, 9.17) is 23.2 Å². The van der Waals surface area contributed by atoms with E-state index in [1.807, 2.05) is 37.5 Å². The predicted molar refractivity (Wildman–Crippen MR) is 108 cm³/mol. The van der Waals surface area contributed by atoms with E-state index >= 15 is 0 Å². The molecule has 0 fully saturated rings. The van der Waals surface area contributed by atoms with Gasteiger partial charge in [-0.2, -0.15) is 0 Å². The second-order valence-corrected chi connectivity index (χ2v) is 7.37. The number of hydrogen-bond acceptors (Lipinski definition) is 2. The van der Waals surface area contributed by atoms with Crippen molar-refractivity contribution < 1.29 is 0 Å². The summed E-state index contributed by atoms with van der Waals surface area (Å²) in [7, 11) is 0. The molecule has 0 bridgehead atoms. The zero-order valence-electron chi connectivity index (χ0n) is 14.0. The van der Waals surface area contributed by atoms with Crippen LogP contribution in [0, 0.1) is 6.92 Å². The second-order valence-electron chi connectivity index (χ2n) is 6.56. The standard InChI is InChI=1S/C21H15Cl2N3/c1-11-16(22)8-12(9-17(11)23)20-15-10-25-21-19(15)14(6-7-24-21)13-4-2-3-5-18(13)26-20/h2-10,20,26H,1H3,(H,24,25). The predicted octanol–water partition coefficient (Wildman–Crippen LogP) is 6.36. The summed E-state index contributed by atoms with van der Waals surface area (Å²) in [6, 6.07) is 14.3. The molecule has 1 atom stereocenters. The molecule has 1 unspecified atom stereocenters. The van der Waals surface area contributed by atoms with E-state index in [-0.39, 0.29) is 6.04 Å². The molecule has 1 aliphatic heterocycles. The number of aromatic amines is 1. The molecule has 2 aromatic heterocycles. The lowest BCUT2D eigenvalue weighted by atomic mass is 9.96. The van der Waals surface area contributed by atoms with E-state index in [9.17, 15) is 0 Å². The lowest BCUT2D eigenvalue weighted by Gasteiger charge is -2.20. The fourth-order valence-electron chi connectivity index (χ4n) is 3.71. The monoisotopic (exact) mass is 379 g/mol. The maximum atomic E-state index is 6.42. The molecule has 0 radical (unpaired) electrons. The van der Waals surface area contributed by atoms with E-state index in [0.717, 1.165) is 39.0 Å². The topological polar surface area (TPSA) is 40.7 Å². The third-order valence-corrected chi connectivity index (χ3v) is 5.85. The third-order valence-electron chi connectivity index (χ3n) is 5.07. The lowest BCUT2D eigenvalue weighted by molar-refractivity contribution is 0.952. The van der Waals surface area contributed by atoms with Gasteiger partial charge in [-0.15, -0.1) is 0 Å². The first-order valence-electron chi connectivity index (χ1n) is 8.41. The number of nitrogens with zero attached hydrogens (tertiary/aromatic N) is 1. The average molecular weight is 380 g/mol. The number of hydrogen-bond donors (Lipinski definition) is 2. The average Bonchev–Trinajstić information content (AvgIpc) is 3.01. The van der Waals surface area contributed by atoms with E-state index in [0.29, 0.717) is 10.0 Å². The minimum absolute atomic E-state index is 0.0778. The number of benzene rings is 2. The van der Waals surface area contributed by atoms with Crippen LogP contribution in [0.1, 0.15) is 22.7 Å². The van der Waals surface area contributed by atoms with Gasteiger partial charge in [0.05, 0.1) is 6.04 Å². The van der Waals surface area contributed by atoms with Crippen LogP contribution in [0.3, 0.4) is 0 Å². The van der Waals surface area contributed by atoms with Crippen LogP contribution in [0.5, 0.6) is 0 Å². The van der Waals surface area contributed by atoms with Crippen LogP contribution in [0.25, 0.3) is 22.2 Å². The summed E-state index contributed by atoms with van der Waals surface area (Å²) < 4.78 is 0. The molecule has 0 amide bonds. The Morgan fingerprint density at radius 2 is 1.77 bits per heavy atom. The van der Waals surface area contributed by atoms with Crippen molar-refractivity contribution in [2.45, 2.75) is 13.0 Å². The highest BCUT2D eigenvalue weighted by molar-refractivity contribution is 6.36. The summed E-state index contributed by atoms with van der Waals surface area (Å²) in [6.45, 7) is 1.93. The number of aromatic nitrogens is 2. The SMILES string of the molecule is Cc1c(Cl)cc(C2Nc3ccccc3-c3ccnc4[nH]cc2c34)cc1Cl. The molecule has 0 spiro atoms. The van der Waals surface area contributed by atoms with E-state index in [2.05, 4.69) is 39.6 Å². The maximum absolute atomic E-state index is 6.42. The molecule has 26 heavy (non-hydrogen) atoms. The fraction of sp³-hybridized carbons (Fsp3) is 0.0952. The van der Waals surface area contributed by atoms with Crippen molar-refractivity contribution in [3.05, 3.63) is 81.6 Å². The Labute approximate surface area is 161 Å². The number of halogens is 2. The Kier molecular flexibility index (Phi) is 3.49. The van der Waals surface area contributed by atoms with E-state index in [1.165, 1.54) is 5.56 Å². The Morgan fingerprint density at radius 3 is 2.58 bits per heavy atom. The van der Waals surface area contributed by atoms with Gasteiger partial charge in [-0.1, -0.05) is 41.4 Å². The van der Waals surface area contributed by atoms with Gasteiger partial charge < -0.3 is 10.3 Å². The van der Waals surface area contributed by atoms with Gasteiger partial charge in [-0.05, 0) is 47.9 Å². The van der Waals surface area contributed by atoms with Gasteiger partial charge >= 0.3 is 0 Å². The van der Waals surface area contributed by atoms with Gasteiger partial charge in [-0.3, -0.25) is 0 Å². The summed E-state index contributed by atoms with van der Waals surface area (Å²) in [6.07, 6.45) is 3.86. The van der Waals surface area contributed by atoms with Crippen molar-refractivity contribution in [1.82, 2.24) is 9.97 Å².